The molecule has 0 bridgehead atoms. The van der Waals surface area contributed by atoms with E-state index >= 15 is 0 Å². The van der Waals surface area contributed by atoms with Crippen molar-refractivity contribution in [1.82, 2.24) is 10.2 Å². The maximum atomic E-state index is 14.8. The van der Waals surface area contributed by atoms with E-state index in [1.54, 1.807) is 11.0 Å². The highest BCUT2D eigenvalue weighted by Crippen LogP contribution is 2.31. The second kappa shape index (κ2) is 11.8. The highest BCUT2D eigenvalue weighted by Gasteiger charge is 2.30. The van der Waals surface area contributed by atoms with Gasteiger partial charge >= 0.3 is 12.1 Å². The molecule has 0 saturated carbocycles. The highest BCUT2D eigenvalue weighted by molar-refractivity contribution is 6.31. The van der Waals surface area contributed by atoms with Crippen LogP contribution in [0.25, 0.3) is 0 Å². The van der Waals surface area contributed by atoms with Crippen molar-refractivity contribution < 1.29 is 36.6 Å². The van der Waals surface area contributed by atoms with E-state index < -0.39 is 47.2 Å². The van der Waals surface area contributed by atoms with Crippen LogP contribution in [0.5, 0.6) is 0 Å². The molecule has 1 amide bonds. The van der Waals surface area contributed by atoms with E-state index in [-0.39, 0.29) is 24.3 Å². The number of carbonyl (C=O) groups excluding carboxylic acids is 1. The second-order valence-electron chi connectivity index (χ2n) is 9.49. The number of nitrogens with one attached hydrogen (secondary N) is 2. The first-order valence-corrected chi connectivity index (χ1v) is 12.2. The van der Waals surface area contributed by atoms with Crippen LogP contribution in [0.2, 0.25) is 5.02 Å². The first kappa shape index (κ1) is 29.6. The Hall–Kier alpha value is -2.96. The summed E-state index contributed by atoms with van der Waals surface area (Å²) in [5, 5.41) is 14.7. The van der Waals surface area contributed by atoms with Crippen LogP contribution in [0.1, 0.15) is 36.2 Å². The predicted molar refractivity (Wildman–Crippen MR) is 134 cm³/mol. The molecule has 0 atom stereocenters. The molecule has 1 heterocycles. The van der Waals surface area contributed by atoms with E-state index in [2.05, 4.69) is 10.6 Å². The summed E-state index contributed by atoms with van der Waals surface area (Å²) in [7, 11) is 0. The van der Waals surface area contributed by atoms with Gasteiger partial charge in [0.05, 0.1) is 23.4 Å². The van der Waals surface area contributed by atoms with E-state index in [4.69, 9.17) is 16.7 Å². The van der Waals surface area contributed by atoms with Crippen LogP contribution in [-0.2, 0) is 11.3 Å². The molecule has 208 valence electrons. The Morgan fingerprint density at radius 2 is 1.68 bits per heavy atom. The largest absolute Gasteiger partial charge is 0.480 e. The molecule has 0 spiro atoms. The van der Waals surface area contributed by atoms with E-state index in [0.717, 1.165) is 6.07 Å². The van der Waals surface area contributed by atoms with Crippen molar-refractivity contribution in [3.63, 3.8) is 0 Å². The lowest BCUT2D eigenvalue weighted by atomic mass is 10.0. The standard InChI is InChI=1S/C25H28ClF5N4O3/c1-24(2,23(37)38)32-14-15-3-5-17(21(28)20(15)27)22(36)33-18-6-4-16(26)13-19(18)35-11-9-34(10-12-35)8-7-25(29,30)31/h3-6,13,32H,7-12,14H2,1-2H3,(H,33,36)(H,37,38). The Morgan fingerprint density at radius 1 is 1.03 bits per heavy atom. The molecule has 3 N–H and O–H groups in total. The smallest absolute Gasteiger partial charge is 0.390 e. The monoisotopic (exact) mass is 562 g/mol. The Bertz CT molecular complexity index is 1180. The highest BCUT2D eigenvalue weighted by atomic mass is 35.5. The van der Waals surface area contributed by atoms with Crippen molar-refractivity contribution >= 4 is 34.9 Å². The molecule has 2 aromatic rings. The van der Waals surface area contributed by atoms with Gasteiger partial charge in [0.2, 0.25) is 0 Å². The number of rotatable bonds is 9. The molecule has 1 fully saturated rings. The van der Waals surface area contributed by atoms with Crippen LogP contribution in [0.3, 0.4) is 0 Å². The van der Waals surface area contributed by atoms with Crippen molar-refractivity contribution in [2.45, 2.75) is 38.5 Å². The van der Waals surface area contributed by atoms with Gasteiger partial charge in [-0.25, -0.2) is 8.78 Å². The van der Waals surface area contributed by atoms with Gasteiger partial charge in [-0.2, -0.15) is 13.2 Å². The van der Waals surface area contributed by atoms with Crippen LogP contribution in [0, 0.1) is 11.6 Å². The van der Waals surface area contributed by atoms with Gasteiger partial charge in [0.15, 0.2) is 11.6 Å². The molecule has 0 unspecified atom stereocenters. The third kappa shape index (κ3) is 7.55. The van der Waals surface area contributed by atoms with Crippen LogP contribution in [0.4, 0.5) is 33.3 Å². The van der Waals surface area contributed by atoms with Crippen molar-refractivity contribution in [3.8, 4) is 0 Å². The maximum Gasteiger partial charge on any atom is 0.390 e. The van der Waals surface area contributed by atoms with Gasteiger partial charge < -0.3 is 15.3 Å². The average Bonchev–Trinajstić information content (AvgIpc) is 2.84. The van der Waals surface area contributed by atoms with Crippen LogP contribution >= 0.6 is 11.6 Å². The van der Waals surface area contributed by atoms with Crippen molar-refractivity contribution in [3.05, 3.63) is 58.1 Å². The number of hydrogen-bond donors (Lipinski definition) is 3. The molecule has 7 nitrogen and oxygen atoms in total. The molecule has 13 heteroatoms. The number of alkyl halides is 3. The zero-order chi connectivity index (χ0) is 28.3. The molecule has 0 aliphatic carbocycles. The van der Waals surface area contributed by atoms with Gasteiger partial charge in [0.1, 0.15) is 5.54 Å². The summed E-state index contributed by atoms with van der Waals surface area (Å²) in [6.45, 7) is 3.83. The number of halogens is 6. The minimum Gasteiger partial charge on any atom is -0.480 e. The number of carboxylic acids is 1. The fourth-order valence-electron chi connectivity index (χ4n) is 3.85. The Labute approximate surface area is 221 Å². The number of carboxylic acid groups (broad SMARTS) is 1. The number of benzene rings is 2. The first-order valence-electron chi connectivity index (χ1n) is 11.8. The third-order valence-electron chi connectivity index (χ3n) is 6.29. The van der Waals surface area contributed by atoms with Crippen molar-refractivity contribution in [2.75, 3.05) is 42.9 Å². The fraction of sp³-hybridized carbons (Fsp3) is 0.440. The van der Waals surface area contributed by atoms with Crippen LogP contribution < -0.4 is 15.5 Å². The van der Waals surface area contributed by atoms with E-state index in [9.17, 15) is 31.5 Å². The van der Waals surface area contributed by atoms with Gasteiger partial charge in [0, 0.05) is 49.9 Å². The van der Waals surface area contributed by atoms with Crippen LogP contribution in [-0.4, -0.2) is 66.3 Å². The van der Waals surface area contributed by atoms with Gasteiger partial charge in [-0.15, -0.1) is 0 Å². The summed E-state index contributed by atoms with van der Waals surface area (Å²) in [5.41, 5.74) is -1.31. The Balaban J connectivity index is 1.72. The fourth-order valence-corrected chi connectivity index (χ4v) is 4.02. The molecule has 2 aromatic carbocycles. The molecular weight excluding hydrogens is 535 g/mol. The normalized spacial score (nSPS) is 15.0. The molecule has 0 radical (unpaired) electrons. The van der Waals surface area contributed by atoms with Crippen molar-refractivity contribution in [1.29, 1.82) is 0 Å². The second-order valence-corrected chi connectivity index (χ2v) is 9.93. The molecule has 38 heavy (non-hydrogen) atoms. The molecular formula is C25H28ClF5N4O3. The molecule has 3 rings (SSSR count). The molecule has 1 aliphatic heterocycles. The van der Waals surface area contributed by atoms with Gasteiger partial charge in [-0.3, -0.25) is 19.8 Å². The zero-order valence-electron chi connectivity index (χ0n) is 20.8. The van der Waals surface area contributed by atoms with E-state index in [0.29, 0.717) is 36.9 Å². The SMILES string of the molecule is CC(C)(NCc1ccc(C(=O)Nc2ccc(Cl)cc2N2CCN(CCC(F)(F)F)CC2)c(F)c1F)C(=O)O. The summed E-state index contributed by atoms with van der Waals surface area (Å²) >= 11 is 6.14. The Kier molecular flexibility index (Phi) is 9.21. The average molecular weight is 563 g/mol. The summed E-state index contributed by atoms with van der Waals surface area (Å²) in [5.74, 6) is -4.75. The number of nitrogens with zero attached hydrogens (tertiary/aromatic N) is 2. The number of anilines is 2. The molecule has 0 aromatic heterocycles. The van der Waals surface area contributed by atoms with E-state index in [1.807, 2.05) is 4.90 Å². The summed E-state index contributed by atoms with van der Waals surface area (Å²) < 4.78 is 67.1. The van der Waals surface area contributed by atoms with Crippen LogP contribution in [0.15, 0.2) is 30.3 Å². The summed E-state index contributed by atoms with van der Waals surface area (Å²) in [4.78, 5) is 27.6. The minimum atomic E-state index is -4.24. The summed E-state index contributed by atoms with van der Waals surface area (Å²) in [6.07, 6.45) is -5.14. The third-order valence-corrected chi connectivity index (χ3v) is 6.53. The number of hydrogen-bond acceptors (Lipinski definition) is 5. The maximum absolute atomic E-state index is 14.8. The number of aliphatic carboxylic acids is 1. The van der Waals surface area contributed by atoms with Gasteiger partial charge in [0.25, 0.3) is 5.91 Å². The Morgan fingerprint density at radius 3 is 2.29 bits per heavy atom. The quantitative estimate of drug-likeness (QED) is 0.377. The summed E-state index contributed by atoms with van der Waals surface area (Å²) in [6, 6.07) is 6.90. The van der Waals surface area contributed by atoms with Crippen molar-refractivity contribution in [2.24, 2.45) is 0 Å². The van der Waals surface area contributed by atoms with Gasteiger partial charge in [-0.1, -0.05) is 17.7 Å². The minimum absolute atomic E-state index is 0.110. The number of piperazine rings is 1. The topological polar surface area (TPSA) is 84.9 Å². The predicted octanol–water partition coefficient (Wildman–Crippen LogP) is 4.90. The van der Waals surface area contributed by atoms with E-state index in [1.165, 1.54) is 32.0 Å². The lowest BCUT2D eigenvalue weighted by molar-refractivity contribution is -0.143. The van der Waals surface area contributed by atoms with Gasteiger partial charge in [-0.05, 0) is 38.1 Å². The lowest BCUT2D eigenvalue weighted by Gasteiger charge is -2.37. The molecule has 1 aliphatic rings. The molecule has 1 saturated heterocycles. The first-order chi connectivity index (χ1) is 17.7. The zero-order valence-corrected chi connectivity index (χ0v) is 21.5. The number of amides is 1. The number of carbonyl (C=O) groups is 2. The lowest BCUT2D eigenvalue weighted by Crippen LogP contribution is -2.47.